The minimum atomic E-state index is -4.08. The summed E-state index contributed by atoms with van der Waals surface area (Å²) >= 11 is 0. The van der Waals surface area contributed by atoms with Gasteiger partial charge in [-0.25, -0.2) is 30.7 Å². The van der Waals surface area contributed by atoms with Gasteiger partial charge in [0.2, 0.25) is 20.0 Å². The number of nitrogens with one attached hydrogen (secondary N) is 3. The average Bonchev–Trinajstić information content (AvgIpc) is 2.62. The zero-order valence-electron chi connectivity index (χ0n) is 13.8. The summed E-state index contributed by atoms with van der Waals surface area (Å²) in [7, 11) is -5.40. The topological polar surface area (TPSA) is 121 Å². The molecule has 0 fully saturated rings. The van der Waals surface area contributed by atoms with Crippen LogP contribution in [0.15, 0.2) is 52.3 Å². The van der Waals surface area contributed by atoms with Crippen LogP contribution in [-0.4, -0.2) is 36.8 Å². The molecule has 0 aliphatic heterocycles. The molecule has 0 spiro atoms. The third-order valence-corrected chi connectivity index (χ3v) is 6.26. The van der Waals surface area contributed by atoms with E-state index in [9.17, 15) is 26.0 Å². The number of carbonyl (C=O) groups excluding carboxylic acids is 1. The van der Waals surface area contributed by atoms with Gasteiger partial charge in [0.05, 0.1) is 4.90 Å². The zero-order chi connectivity index (χ0) is 19.5. The maximum Gasteiger partial charge on any atom is 0.255 e. The zero-order valence-corrected chi connectivity index (χ0v) is 15.4. The van der Waals surface area contributed by atoms with Crippen molar-refractivity contribution in [3.8, 4) is 0 Å². The number of hydrogen-bond acceptors (Lipinski definition) is 5. The van der Waals surface area contributed by atoms with Gasteiger partial charge in [0.25, 0.3) is 5.91 Å². The number of rotatable bonds is 6. The second-order valence-corrected chi connectivity index (χ2v) is 8.78. The van der Waals surface area contributed by atoms with Crippen LogP contribution in [0.3, 0.4) is 0 Å². The third-order valence-electron chi connectivity index (χ3n) is 3.42. The van der Waals surface area contributed by atoms with E-state index < -0.39 is 36.7 Å². The van der Waals surface area contributed by atoms with Crippen LogP contribution < -0.4 is 14.8 Å². The predicted octanol–water partition coefficient (Wildman–Crippen LogP) is 0.894. The molecule has 0 bridgehead atoms. The Bertz CT molecular complexity index is 1050. The van der Waals surface area contributed by atoms with E-state index >= 15 is 0 Å². The third kappa shape index (κ3) is 4.25. The van der Waals surface area contributed by atoms with E-state index in [4.69, 9.17) is 0 Å². The van der Waals surface area contributed by atoms with Crippen molar-refractivity contribution in [3.05, 3.63) is 53.8 Å². The molecule has 140 valence electrons. The van der Waals surface area contributed by atoms with Crippen molar-refractivity contribution in [2.45, 2.75) is 9.79 Å². The van der Waals surface area contributed by atoms with Crippen LogP contribution in [0.4, 0.5) is 10.1 Å². The van der Waals surface area contributed by atoms with Crippen LogP contribution in [-0.2, 0) is 20.0 Å². The van der Waals surface area contributed by atoms with Crippen LogP contribution in [0.1, 0.15) is 10.4 Å². The van der Waals surface area contributed by atoms with Crippen molar-refractivity contribution in [2.24, 2.45) is 0 Å². The smallest absolute Gasteiger partial charge is 0.255 e. The van der Waals surface area contributed by atoms with Crippen molar-refractivity contribution >= 4 is 31.6 Å². The fourth-order valence-electron chi connectivity index (χ4n) is 2.02. The number of hydrogen-bond donors (Lipinski definition) is 3. The first-order valence-corrected chi connectivity index (χ1v) is 10.2. The molecule has 0 unspecified atom stereocenters. The van der Waals surface area contributed by atoms with Gasteiger partial charge in [-0.2, -0.15) is 0 Å². The first kappa shape index (κ1) is 20.0. The van der Waals surface area contributed by atoms with Gasteiger partial charge in [0, 0.05) is 11.3 Å². The van der Waals surface area contributed by atoms with Gasteiger partial charge in [-0.15, -0.1) is 0 Å². The average molecular weight is 401 g/mol. The van der Waals surface area contributed by atoms with Crippen molar-refractivity contribution in [3.63, 3.8) is 0 Å². The summed E-state index contributed by atoms with van der Waals surface area (Å²) in [4.78, 5) is 11.6. The summed E-state index contributed by atoms with van der Waals surface area (Å²) in [6, 6.07) is 8.34. The number of sulfonamides is 2. The van der Waals surface area contributed by atoms with Crippen molar-refractivity contribution in [2.75, 3.05) is 19.4 Å². The molecule has 1 amide bonds. The van der Waals surface area contributed by atoms with Crippen molar-refractivity contribution < 1.29 is 26.0 Å². The molecular weight excluding hydrogens is 385 g/mol. The molecule has 11 heteroatoms. The van der Waals surface area contributed by atoms with Crippen LogP contribution >= 0.6 is 0 Å². The Hall–Kier alpha value is -2.34. The Morgan fingerprint density at radius 3 is 2.19 bits per heavy atom. The molecule has 0 radical (unpaired) electrons. The van der Waals surface area contributed by atoms with Gasteiger partial charge in [0.1, 0.15) is 10.7 Å². The molecule has 0 saturated heterocycles. The number of benzene rings is 2. The summed E-state index contributed by atoms with van der Waals surface area (Å²) in [6.45, 7) is 0. The normalized spacial score (nSPS) is 12.0. The highest BCUT2D eigenvalue weighted by molar-refractivity contribution is 7.89. The minimum Gasteiger partial charge on any atom is -0.322 e. The minimum absolute atomic E-state index is 0.0599. The van der Waals surface area contributed by atoms with Crippen LogP contribution in [0.5, 0.6) is 0 Å². The largest absolute Gasteiger partial charge is 0.322 e. The van der Waals surface area contributed by atoms with E-state index in [0.29, 0.717) is 0 Å². The summed E-state index contributed by atoms with van der Waals surface area (Å²) in [5.74, 6) is -1.73. The quantitative estimate of drug-likeness (QED) is 0.664. The molecule has 8 nitrogen and oxygen atoms in total. The molecule has 0 aliphatic carbocycles. The van der Waals surface area contributed by atoms with Gasteiger partial charge in [-0.3, -0.25) is 4.79 Å². The van der Waals surface area contributed by atoms with Crippen molar-refractivity contribution in [1.82, 2.24) is 9.44 Å². The molecule has 0 aromatic heterocycles. The van der Waals surface area contributed by atoms with E-state index in [0.717, 1.165) is 25.2 Å². The van der Waals surface area contributed by atoms with E-state index in [2.05, 4.69) is 10.0 Å². The SMILES string of the molecule is CNS(=O)(=O)c1cccc(NC(=O)c2ccc(F)c(S(=O)(=O)NC)c2)c1. The summed E-state index contributed by atoms with van der Waals surface area (Å²) in [5.41, 5.74) is 0.0655. The lowest BCUT2D eigenvalue weighted by Crippen LogP contribution is -2.21. The van der Waals surface area contributed by atoms with E-state index in [-0.39, 0.29) is 16.1 Å². The van der Waals surface area contributed by atoms with Gasteiger partial charge in [-0.1, -0.05) is 6.07 Å². The van der Waals surface area contributed by atoms with Crippen LogP contribution in [0, 0.1) is 5.82 Å². The predicted molar refractivity (Wildman–Crippen MR) is 93.3 cm³/mol. The highest BCUT2D eigenvalue weighted by Crippen LogP contribution is 2.19. The molecule has 2 rings (SSSR count). The Balaban J connectivity index is 2.35. The molecule has 3 N–H and O–H groups in total. The Morgan fingerprint density at radius 2 is 1.58 bits per heavy atom. The number of carbonyl (C=O) groups is 1. The first-order valence-electron chi connectivity index (χ1n) is 7.19. The summed E-state index contributed by atoms with van der Waals surface area (Å²) < 4.78 is 65.0. The molecule has 0 aliphatic rings. The van der Waals surface area contributed by atoms with Crippen LogP contribution in [0.25, 0.3) is 0 Å². The number of anilines is 1. The molecule has 2 aromatic carbocycles. The first-order chi connectivity index (χ1) is 12.1. The molecular formula is C15H16FN3O5S2. The Morgan fingerprint density at radius 1 is 0.923 bits per heavy atom. The van der Waals surface area contributed by atoms with Gasteiger partial charge < -0.3 is 5.32 Å². The molecule has 0 saturated carbocycles. The van der Waals surface area contributed by atoms with Gasteiger partial charge in [-0.05, 0) is 50.5 Å². The lowest BCUT2D eigenvalue weighted by atomic mass is 10.2. The molecule has 2 aromatic rings. The highest BCUT2D eigenvalue weighted by atomic mass is 32.2. The molecule has 0 heterocycles. The lowest BCUT2D eigenvalue weighted by molar-refractivity contribution is 0.102. The number of amides is 1. The molecule has 0 atom stereocenters. The van der Waals surface area contributed by atoms with E-state index in [1.165, 1.54) is 31.3 Å². The maximum absolute atomic E-state index is 13.7. The highest BCUT2D eigenvalue weighted by Gasteiger charge is 2.20. The standard InChI is InChI=1S/C15H16FN3O5S2/c1-17-25(21,22)12-5-3-4-11(9-12)19-15(20)10-6-7-13(16)14(8-10)26(23,24)18-2/h3-9,17-18H,1-2H3,(H,19,20). The monoisotopic (exact) mass is 401 g/mol. The maximum atomic E-state index is 13.7. The van der Waals surface area contributed by atoms with Crippen molar-refractivity contribution in [1.29, 1.82) is 0 Å². The Labute approximate surface area is 150 Å². The summed E-state index contributed by atoms with van der Waals surface area (Å²) in [5, 5.41) is 2.44. The fraction of sp³-hybridized carbons (Fsp3) is 0.133. The second-order valence-electron chi connectivity index (χ2n) is 5.04. The second kappa shape index (κ2) is 7.50. The van der Waals surface area contributed by atoms with Crippen LogP contribution in [0.2, 0.25) is 0 Å². The van der Waals surface area contributed by atoms with Gasteiger partial charge >= 0.3 is 0 Å². The summed E-state index contributed by atoms with van der Waals surface area (Å²) in [6.07, 6.45) is 0. The number of halogens is 1. The Kier molecular flexibility index (Phi) is 5.76. The van der Waals surface area contributed by atoms with E-state index in [1.54, 1.807) is 0 Å². The molecule has 26 heavy (non-hydrogen) atoms. The lowest BCUT2D eigenvalue weighted by Gasteiger charge is -2.09. The fourth-order valence-corrected chi connectivity index (χ4v) is 3.62. The van der Waals surface area contributed by atoms with Gasteiger partial charge in [0.15, 0.2) is 0 Å². The van der Waals surface area contributed by atoms with E-state index in [1.807, 2.05) is 4.72 Å².